The quantitative estimate of drug-likeness (QED) is 0.186. The van der Waals surface area contributed by atoms with Crippen LogP contribution < -0.4 is 4.90 Å². The van der Waals surface area contributed by atoms with Crippen molar-refractivity contribution in [3.63, 3.8) is 0 Å². The minimum atomic E-state index is 0.890. The highest BCUT2D eigenvalue weighted by atomic mass is 32.1. The highest BCUT2D eigenvalue weighted by Crippen LogP contribution is 2.50. The average Bonchev–Trinajstić information content (AvgIpc) is 3.75. The third kappa shape index (κ3) is 4.40. The molecule has 2 nitrogen and oxygen atoms in total. The summed E-state index contributed by atoms with van der Waals surface area (Å²) in [7, 11) is 0. The molecular formula is C46H29NOS. The topological polar surface area (TPSA) is 16.4 Å². The minimum Gasteiger partial charge on any atom is -0.455 e. The maximum absolute atomic E-state index is 6.66. The molecule has 0 aliphatic heterocycles. The Bertz CT molecular complexity index is 2840. The fourth-order valence-corrected chi connectivity index (χ4v) is 8.66. The second kappa shape index (κ2) is 11.2. The standard InChI is InChI=1S/C46H29NOS/c1-2-14-30(15-3-1)32-17-6-9-22-38(32)47(40-24-13-27-43-45(40)36-20-8-11-26-42(36)49-43)39-23-10-7-19-34(39)35-21-12-25-41-44(35)37-29-28-31-16-4-5-18-33(31)46(37)48-41/h1-29H. The van der Waals surface area contributed by atoms with Crippen molar-refractivity contribution in [3.8, 4) is 22.3 Å². The lowest BCUT2D eigenvalue weighted by molar-refractivity contribution is 0.673. The lowest BCUT2D eigenvalue weighted by atomic mass is 9.95. The molecule has 0 amide bonds. The van der Waals surface area contributed by atoms with Crippen molar-refractivity contribution >= 4 is 81.3 Å². The van der Waals surface area contributed by atoms with Crippen LogP contribution in [0.4, 0.5) is 17.1 Å². The van der Waals surface area contributed by atoms with Crippen LogP contribution in [0.3, 0.4) is 0 Å². The monoisotopic (exact) mass is 643 g/mol. The molecular weight excluding hydrogens is 615 g/mol. The van der Waals surface area contributed by atoms with Gasteiger partial charge in [0.05, 0.1) is 17.1 Å². The molecule has 0 spiro atoms. The van der Waals surface area contributed by atoms with E-state index in [1.807, 2.05) is 11.3 Å². The van der Waals surface area contributed by atoms with Crippen LogP contribution in [0.2, 0.25) is 0 Å². The largest absolute Gasteiger partial charge is 0.455 e. The maximum atomic E-state index is 6.66. The van der Waals surface area contributed by atoms with E-state index in [1.54, 1.807) is 0 Å². The van der Waals surface area contributed by atoms with Crippen LogP contribution in [0.1, 0.15) is 0 Å². The second-order valence-electron chi connectivity index (χ2n) is 12.4. The molecule has 0 bridgehead atoms. The van der Waals surface area contributed by atoms with Crippen molar-refractivity contribution in [3.05, 3.63) is 176 Å². The van der Waals surface area contributed by atoms with Gasteiger partial charge in [0.15, 0.2) is 0 Å². The van der Waals surface area contributed by atoms with Gasteiger partial charge < -0.3 is 9.32 Å². The number of furan rings is 1. The first-order valence-electron chi connectivity index (χ1n) is 16.6. The number of para-hydroxylation sites is 2. The Labute approximate surface area is 287 Å². The summed E-state index contributed by atoms with van der Waals surface area (Å²) in [5.74, 6) is 0. The Kier molecular flexibility index (Phi) is 6.39. The zero-order valence-corrected chi connectivity index (χ0v) is 27.3. The van der Waals surface area contributed by atoms with E-state index >= 15 is 0 Å². The Morgan fingerprint density at radius 2 is 1.02 bits per heavy atom. The molecule has 49 heavy (non-hydrogen) atoms. The summed E-state index contributed by atoms with van der Waals surface area (Å²) >= 11 is 1.85. The first-order valence-corrected chi connectivity index (χ1v) is 17.4. The molecule has 0 unspecified atom stereocenters. The van der Waals surface area contributed by atoms with Crippen LogP contribution in [-0.4, -0.2) is 0 Å². The fraction of sp³-hybridized carbons (Fsp3) is 0. The van der Waals surface area contributed by atoms with E-state index < -0.39 is 0 Å². The van der Waals surface area contributed by atoms with Crippen LogP contribution in [-0.2, 0) is 0 Å². The average molecular weight is 644 g/mol. The van der Waals surface area contributed by atoms with Gasteiger partial charge in [0.2, 0.25) is 0 Å². The van der Waals surface area contributed by atoms with Gasteiger partial charge in [-0.3, -0.25) is 0 Å². The Morgan fingerprint density at radius 1 is 0.388 bits per heavy atom. The van der Waals surface area contributed by atoms with Gasteiger partial charge >= 0.3 is 0 Å². The molecule has 8 aromatic carbocycles. The van der Waals surface area contributed by atoms with Crippen molar-refractivity contribution in [2.75, 3.05) is 4.90 Å². The summed E-state index contributed by atoms with van der Waals surface area (Å²) in [6.07, 6.45) is 0. The lowest BCUT2D eigenvalue weighted by Crippen LogP contribution is -2.12. The van der Waals surface area contributed by atoms with Crippen molar-refractivity contribution in [2.45, 2.75) is 0 Å². The summed E-state index contributed by atoms with van der Waals surface area (Å²) in [4.78, 5) is 2.48. The molecule has 0 radical (unpaired) electrons. The van der Waals surface area contributed by atoms with Crippen molar-refractivity contribution in [1.29, 1.82) is 0 Å². The minimum absolute atomic E-state index is 0.890. The predicted molar refractivity (Wildman–Crippen MR) is 210 cm³/mol. The van der Waals surface area contributed by atoms with E-state index in [0.717, 1.165) is 55.5 Å². The van der Waals surface area contributed by atoms with Gasteiger partial charge in [0, 0.05) is 47.5 Å². The van der Waals surface area contributed by atoms with Crippen LogP contribution in [0.25, 0.3) is 75.1 Å². The van der Waals surface area contributed by atoms with Crippen molar-refractivity contribution in [1.82, 2.24) is 0 Å². The Balaban J connectivity index is 1.30. The zero-order valence-electron chi connectivity index (χ0n) is 26.5. The molecule has 0 saturated heterocycles. The smallest absolute Gasteiger partial charge is 0.143 e. The highest BCUT2D eigenvalue weighted by Gasteiger charge is 2.25. The first kappa shape index (κ1) is 27.9. The number of nitrogens with zero attached hydrogens (tertiary/aromatic N) is 1. The molecule has 10 aromatic rings. The van der Waals surface area contributed by atoms with Gasteiger partial charge in [0.25, 0.3) is 0 Å². The number of hydrogen-bond acceptors (Lipinski definition) is 3. The van der Waals surface area contributed by atoms with E-state index in [0.29, 0.717) is 0 Å². The fourth-order valence-electron chi connectivity index (χ4n) is 7.54. The SMILES string of the molecule is c1ccc(-c2ccccc2N(c2ccccc2-c2cccc3oc4c5ccccc5ccc4c23)c2cccc3sc4ccccc4c23)cc1. The molecule has 0 atom stereocenters. The second-order valence-corrected chi connectivity index (χ2v) is 13.5. The number of rotatable bonds is 5. The van der Waals surface area contributed by atoms with Gasteiger partial charge in [-0.2, -0.15) is 0 Å². The lowest BCUT2D eigenvalue weighted by Gasteiger charge is -2.30. The van der Waals surface area contributed by atoms with E-state index in [9.17, 15) is 0 Å². The van der Waals surface area contributed by atoms with Gasteiger partial charge in [-0.15, -0.1) is 11.3 Å². The zero-order chi connectivity index (χ0) is 32.3. The van der Waals surface area contributed by atoms with Gasteiger partial charge in [-0.25, -0.2) is 0 Å². The molecule has 230 valence electrons. The number of hydrogen-bond donors (Lipinski definition) is 0. The van der Waals surface area contributed by atoms with Crippen LogP contribution >= 0.6 is 11.3 Å². The van der Waals surface area contributed by atoms with Gasteiger partial charge in [0.1, 0.15) is 11.2 Å². The molecule has 2 heterocycles. The normalized spacial score (nSPS) is 11.7. The van der Waals surface area contributed by atoms with Crippen LogP contribution in [0.5, 0.6) is 0 Å². The third-order valence-electron chi connectivity index (χ3n) is 9.67. The van der Waals surface area contributed by atoms with Crippen molar-refractivity contribution in [2.24, 2.45) is 0 Å². The molecule has 0 fully saturated rings. The Morgan fingerprint density at radius 3 is 1.90 bits per heavy atom. The summed E-state index contributed by atoms with van der Waals surface area (Å²) in [6, 6.07) is 63.2. The van der Waals surface area contributed by atoms with Crippen LogP contribution in [0.15, 0.2) is 180 Å². The Hall–Kier alpha value is -6.16. The van der Waals surface area contributed by atoms with Crippen molar-refractivity contribution < 1.29 is 4.42 Å². The van der Waals surface area contributed by atoms with E-state index in [2.05, 4.69) is 181 Å². The summed E-state index contributed by atoms with van der Waals surface area (Å²) in [5.41, 5.74) is 9.84. The third-order valence-corrected chi connectivity index (χ3v) is 10.8. The summed E-state index contributed by atoms with van der Waals surface area (Å²) < 4.78 is 9.22. The molecule has 10 rings (SSSR count). The molecule has 0 N–H and O–H groups in total. The van der Waals surface area contributed by atoms with Crippen LogP contribution in [0, 0.1) is 0 Å². The maximum Gasteiger partial charge on any atom is 0.143 e. The molecule has 0 aliphatic rings. The molecule has 0 aliphatic carbocycles. The van der Waals surface area contributed by atoms with E-state index in [-0.39, 0.29) is 0 Å². The first-order chi connectivity index (χ1) is 24.3. The summed E-state index contributed by atoms with van der Waals surface area (Å²) in [6.45, 7) is 0. The number of benzene rings is 8. The number of thiophene rings is 1. The van der Waals surface area contributed by atoms with E-state index in [4.69, 9.17) is 4.42 Å². The molecule has 3 heteroatoms. The van der Waals surface area contributed by atoms with Gasteiger partial charge in [-0.1, -0.05) is 133 Å². The summed E-state index contributed by atoms with van der Waals surface area (Å²) in [5, 5.41) is 7.10. The number of fused-ring (bicyclic) bond motifs is 8. The molecule has 0 saturated carbocycles. The molecule has 2 aromatic heterocycles. The number of anilines is 3. The highest BCUT2D eigenvalue weighted by molar-refractivity contribution is 7.26. The van der Waals surface area contributed by atoms with E-state index in [1.165, 1.54) is 36.7 Å². The van der Waals surface area contributed by atoms with Gasteiger partial charge in [-0.05, 0) is 59.0 Å². The predicted octanol–water partition coefficient (Wildman–Crippen LogP) is 13.9.